The van der Waals surface area contributed by atoms with E-state index in [1.54, 1.807) is 18.2 Å². The van der Waals surface area contributed by atoms with Gasteiger partial charge < -0.3 is 15.8 Å². The molecule has 1 aromatic carbocycles. The van der Waals surface area contributed by atoms with Gasteiger partial charge in [0.15, 0.2) is 0 Å². The average molecular weight is 269 g/mol. The number of ether oxygens (including phenoxy) is 1. The molecule has 0 radical (unpaired) electrons. The zero-order chi connectivity index (χ0) is 13.1. The predicted molar refractivity (Wildman–Crippen MR) is 71.8 cm³/mol. The first kappa shape index (κ1) is 13.2. The molecule has 3 N–H and O–H groups in total. The highest BCUT2D eigenvalue weighted by Gasteiger charge is 2.22. The zero-order valence-electron chi connectivity index (χ0n) is 10.3. The Balaban J connectivity index is 2.03. The van der Waals surface area contributed by atoms with Crippen molar-refractivity contribution in [2.75, 3.05) is 12.3 Å². The number of amides is 1. The fraction of sp³-hybridized carbons (Fsp3) is 0.462. The lowest BCUT2D eigenvalue weighted by atomic mass is 10.0. The number of carbonyl (C=O) groups is 1. The number of carbonyl (C=O) groups excluding carboxylic acids is 1. The number of nitrogen functional groups attached to an aromatic ring is 1. The largest absolute Gasteiger partial charge is 0.399 e. The van der Waals surface area contributed by atoms with Gasteiger partial charge in [-0.05, 0) is 38.0 Å². The Labute approximate surface area is 111 Å². The van der Waals surface area contributed by atoms with Gasteiger partial charge in [0.05, 0.1) is 16.7 Å². The molecule has 1 heterocycles. The molecule has 1 amide bonds. The summed E-state index contributed by atoms with van der Waals surface area (Å²) in [5.41, 5.74) is 6.61. The fourth-order valence-corrected chi connectivity index (χ4v) is 2.38. The van der Waals surface area contributed by atoms with Gasteiger partial charge in [-0.15, -0.1) is 0 Å². The standard InChI is InChI=1S/C13H17ClN2O2/c1-8-6-10(4-5-18-8)16-13(17)11-3-2-9(15)7-12(11)14/h2-3,7-8,10H,4-6,15H2,1H3,(H,16,17). The van der Waals surface area contributed by atoms with Crippen LogP contribution in [-0.4, -0.2) is 24.7 Å². The molecule has 0 spiro atoms. The summed E-state index contributed by atoms with van der Waals surface area (Å²) < 4.78 is 5.44. The summed E-state index contributed by atoms with van der Waals surface area (Å²) in [6.07, 6.45) is 1.85. The molecule has 0 aliphatic carbocycles. The summed E-state index contributed by atoms with van der Waals surface area (Å²) in [5.74, 6) is -0.154. The number of anilines is 1. The first-order valence-corrected chi connectivity index (χ1v) is 6.41. The van der Waals surface area contributed by atoms with Gasteiger partial charge in [0.1, 0.15) is 0 Å². The van der Waals surface area contributed by atoms with Crippen molar-refractivity contribution in [2.24, 2.45) is 0 Å². The van der Waals surface area contributed by atoms with Crippen molar-refractivity contribution in [3.05, 3.63) is 28.8 Å². The van der Waals surface area contributed by atoms with Crippen molar-refractivity contribution in [2.45, 2.75) is 31.9 Å². The van der Waals surface area contributed by atoms with E-state index in [0.717, 1.165) is 12.8 Å². The van der Waals surface area contributed by atoms with Gasteiger partial charge in [0.25, 0.3) is 5.91 Å². The Kier molecular flexibility index (Phi) is 4.09. The van der Waals surface area contributed by atoms with Crippen LogP contribution in [0.5, 0.6) is 0 Å². The lowest BCUT2D eigenvalue weighted by Crippen LogP contribution is -2.41. The third-order valence-corrected chi connectivity index (χ3v) is 3.37. The molecule has 1 fully saturated rings. The lowest BCUT2D eigenvalue weighted by Gasteiger charge is -2.28. The van der Waals surface area contributed by atoms with Gasteiger partial charge >= 0.3 is 0 Å². The molecule has 0 saturated carbocycles. The molecule has 98 valence electrons. The van der Waals surface area contributed by atoms with E-state index in [4.69, 9.17) is 22.1 Å². The summed E-state index contributed by atoms with van der Waals surface area (Å²) in [4.78, 5) is 12.1. The minimum Gasteiger partial charge on any atom is -0.399 e. The van der Waals surface area contributed by atoms with E-state index >= 15 is 0 Å². The lowest BCUT2D eigenvalue weighted by molar-refractivity contribution is 0.0136. The third-order valence-electron chi connectivity index (χ3n) is 3.06. The van der Waals surface area contributed by atoms with Crippen molar-refractivity contribution in [1.29, 1.82) is 0 Å². The number of nitrogens with two attached hydrogens (primary N) is 1. The summed E-state index contributed by atoms with van der Waals surface area (Å²) in [6, 6.07) is 5.06. The molecule has 5 heteroatoms. The molecule has 1 saturated heterocycles. The maximum atomic E-state index is 12.1. The Morgan fingerprint density at radius 1 is 1.56 bits per heavy atom. The van der Waals surface area contributed by atoms with Gasteiger partial charge in [0.2, 0.25) is 0 Å². The topological polar surface area (TPSA) is 64.4 Å². The van der Waals surface area contributed by atoms with Crippen LogP contribution in [0, 0.1) is 0 Å². The molecular weight excluding hydrogens is 252 g/mol. The van der Waals surface area contributed by atoms with E-state index in [1.165, 1.54) is 0 Å². The monoisotopic (exact) mass is 268 g/mol. The highest BCUT2D eigenvalue weighted by molar-refractivity contribution is 6.34. The number of benzene rings is 1. The third kappa shape index (κ3) is 3.15. The van der Waals surface area contributed by atoms with Gasteiger partial charge in [-0.3, -0.25) is 4.79 Å². The summed E-state index contributed by atoms with van der Waals surface area (Å²) in [6.45, 7) is 2.69. The number of halogens is 1. The summed E-state index contributed by atoms with van der Waals surface area (Å²) >= 11 is 6.01. The summed E-state index contributed by atoms with van der Waals surface area (Å²) in [5, 5.41) is 3.36. The van der Waals surface area contributed by atoms with E-state index in [1.807, 2.05) is 6.92 Å². The normalized spacial score (nSPS) is 23.7. The van der Waals surface area contributed by atoms with Gasteiger partial charge in [0, 0.05) is 18.3 Å². The molecule has 1 aliphatic rings. The molecule has 0 aromatic heterocycles. The van der Waals surface area contributed by atoms with E-state index < -0.39 is 0 Å². The number of hydrogen-bond acceptors (Lipinski definition) is 3. The first-order valence-electron chi connectivity index (χ1n) is 6.03. The summed E-state index contributed by atoms with van der Waals surface area (Å²) in [7, 11) is 0. The van der Waals surface area contributed by atoms with Crippen molar-refractivity contribution >= 4 is 23.2 Å². The Morgan fingerprint density at radius 3 is 3.00 bits per heavy atom. The van der Waals surface area contributed by atoms with Crippen LogP contribution in [0.15, 0.2) is 18.2 Å². The van der Waals surface area contributed by atoms with Crippen LogP contribution in [0.4, 0.5) is 5.69 Å². The predicted octanol–water partition coefficient (Wildman–Crippen LogP) is 2.22. The first-order chi connectivity index (χ1) is 8.56. The maximum Gasteiger partial charge on any atom is 0.253 e. The Hall–Kier alpha value is -1.26. The highest BCUT2D eigenvalue weighted by atomic mass is 35.5. The second kappa shape index (κ2) is 5.59. The van der Waals surface area contributed by atoms with Gasteiger partial charge in [-0.25, -0.2) is 0 Å². The van der Waals surface area contributed by atoms with E-state index in [2.05, 4.69) is 5.32 Å². The quantitative estimate of drug-likeness (QED) is 0.809. The van der Waals surface area contributed by atoms with Crippen molar-refractivity contribution in [3.8, 4) is 0 Å². The Bertz CT molecular complexity index is 451. The van der Waals surface area contributed by atoms with E-state index in [9.17, 15) is 4.79 Å². The minimum absolute atomic E-state index is 0.148. The van der Waals surface area contributed by atoms with E-state index in [-0.39, 0.29) is 18.1 Å². The number of nitrogens with one attached hydrogen (secondary N) is 1. The van der Waals surface area contributed by atoms with Crippen LogP contribution in [0.3, 0.4) is 0 Å². The smallest absolute Gasteiger partial charge is 0.253 e. The van der Waals surface area contributed by atoms with Crippen molar-refractivity contribution in [1.82, 2.24) is 5.32 Å². The molecule has 2 atom stereocenters. The number of hydrogen-bond donors (Lipinski definition) is 2. The molecular formula is C13H17ClN2O2. The second-order valence-corrected chi connectivity index (χ2v) is 5.02. The molecule has 1 aromatic rings. The van der Waals surface area contributed by atoms with Crippen LogP contribution in [0.25, 0.3) is 0 Å². The van der Waals surface area contributed by atoms with E-state index in [0.29, 0.717) is 22.9 Å². The van der Waals surface area contributed by atoms with Crippen LogP contribution < -0.4 is 11.1 Å². The van der Waals surface area contributed by atoms with Gasteiger partial charge in [-0.2, -0.15) is 0 Å². The molecule has 18 heavy (non-hydrogen) atoms. The van der Waals surface area contributed by atoms with Crippen LogP contribution in [0.2, 0.25) is 5.02 Å². The van der Waals surface area contributed by atoms with Crippen molar-refractivity contribution in [3.63, 3.8) is 0 Å². The molecule has 0 bridgehead atoms. The number of rotatable bonds is 2. The molecule has 1 aliphatic heterocycles. The second-order valence-electron chi connectivity index (χ2n) is 4.62. The molecule has 2 rings (SSSR count). The maximum absolute atomic E-state index is 12.1. The Morgan fingerprint density at radius 2 is 2.33 bits per heavy atom. The molecule has 2 unspecified atom stereocenters. The van der Waals surface area contributed by atoms with Crippen LogP contribution in [0.1, 0.15) is 30.1 Å². The molecule has 4 nitrogen and oxygen atoms in total. The van der Waals surface area contributed by atoms with Gasteiger partial charge in [-0.1, -0.05) is 11.6 Å². The minimum atomic E-state index is -0.154. The highest BCUT2D eigenvalue weighted by Crippen LogP contribution is 2.20. The van der Waals surface area contributed by atoms with Crippen LogP contribution >= 0.6 is 11.6 Å². The fourth-order valence-electron chi connectivity index (χ4n) is 2.11. The zero-order valence-corrected chi connectivity index (χ0v) is 11.0. The average Bonchev–Trinajstić information content (AvgIpc) is 2.28. The van der Waals surface area contributed by atoms with Crippen LogP contribution in [-0.2, 0) is 4.74 Å². The SMILES string of the molecule is CC1CC(NC(=O)c2ccc(N)cc2Cl)CCO1. The van der Waals surface area contributed by atoms with Crippen molar-refractivity contribution < 1.29 is 9.53 Å².